The minimum absolute atomic E-state index is 0.790. The zero-order valence-electron chi connectivity index (χ0n) is 8.83. The number of hydrogen-bond acceptors (Lipinski definition) is 2. The predicted octanol–water partition coefficient (Wildman–Crippen LogP) is 3.11. The Morgan fingerprint density at radius 3 is 2.93 bits per heavy atom. The van der Waals surface area contributed by atoms with Crippen molar-refractivity contribution in [3.63, 3.8) is 0 Å². The van der Waals surface area contributed by atoms with Gasteiger partial charge in [-0.25, -0.2) is 4.98 Å². The minimum Gasteiger partial charge on any atom is -0.331 e. The molecule has 2 rings (SSSR count). The smallest absolute Gasteiger partial charge is 0.204 e. The van der Waals surface area contributed by atoms with E-state index in [0.717, 1.165) is 24.5 Å². The third-order valence-electron chi connectivity index (χ3n) is 2.29. The summed E-state index contributed by atoms with van der Waals surface area (Å²) in [6, 6.07) is 8.32. The Labute approximate surface area is 89.6 Å². The number of aromatic amines is 1. The lowest BCUT2D eigenvalue weighted by Crippen LogP contribution is -1.96. The molecule has 0 aliphatic heterocycles. The van der Waals surface area contributed by atoms with Gasteiger partial charge in [-0.2, -0.15) is 0 Å². The Morgan fingerprint density at radius 2 is 2.20 bits per heavy atom. The fourth-order valence-corrected chi connectivity index (χ4v) is 1.59. The zero-order chi connectivity index (χ0) is 10.5. The molecule has 2 N–H and O–H groups in total. The Bertz CT molecular complexity index is 407. The van der Waals surface area contributed by atoms with Crippen LogP contribution in [0.4, 0.5) is 11.6 Å². The van der Waals surface area contributed by atoms with E-state index in [1.807, 2.05) is 12.3 Å². The lowest BCUT2D eigenvalue weighted by atomic mass is 10.1. The molecule has 1 aromatic carbocycles. The molecule has 1 heterocycles. The van der Waals surface area contributed by atoms with Crippen molar-refractivity contribution in [2.45, 2.75) is 19.8 Å². The number of nitrogens with zero attached hydrogens (tertiary/aromatic N) is 1. The first-order valence-electron chi connectivity index (χ1n) is 5.24. The second-order valence-electron chi connectivity index (χ2n) is 3.47. The maximum atomic E-state index is 4.15. The van der Waals surface area contributed by atoms with Gasteiger partial charge in [0.05, 0.1) is 0 Å². The summed E-state index contributed by atoms with van der Waals surface area (Å²) in [5, 5.41) is 3.27. The average Bonchev–Trinajstić information content (AvgIpc) is 2.74. The van der Waals surface area contributed by atoms with Crippen molar-refractivity contribution in [3.05, 3.63) is 42.2 Å². The van der Waals surface area contributed by atoms with E-state index < -0.39 is 0 Å². The molecule has 0 amide bonds. The van der Waals surface area contributed by atoms with Crippen LogP contribution in [0, 0.1) is 0 Å². The molecule has 0 aliphatic rings. The van der Waals surface area contributed by atoms with Crippen LogP contribution >= 0.6 is 0 Å². The van der Waals surface area contributed by atoms with E-state index in [2.05, 4.69) is 40.4 Å². The van der Waals surface area contributed by atoms with E-state index in [0.29, 0.717) is 0 Å². The van der Waals surface area contributed by atoms with Gasteiger partial charge in [0, 0.05) is 18.1 Å². The van der Waals surface area contributed by atoms with Crippen molar-refractivity contribution in [3.8, 4) is 0 Å². The zero-order valence-corrected chi connectivity index (χ0v) is 8.83. The number of aryl methyl sites for hydroxylation is 1. The van der Waals surface area contributed by atoms with E-state index in [9.17, 15) is 0 Å². The fraction of sp³-hybridized carbons (Fsp3) is 0.250. The summed E-state index contributed by atoms with van der Waals surface area (Å²) in [6.45, 7) is 2.18. The van der Waals surface area contributed by atoms with Crippen molar-refractivity contribution in [1.29, 1.82) is 0 Å². The van der Waals surface area contributed by atoms with Gasteiger partial charge in [-0.3, -0.25) is 0 Å². The maximum Gasteiger partial charge on any atom is 0.204 e. The summed E-state index contributed by atoms with van der Waals surface area (Å²) in [7, 11) is 0. The second-order valence-corrected chi connectivity index (χ2v) is 3.47. The van der Waals surface area contributed by atoms with Gasteiger partial charge < -0.3 is 10.3 Å². The largest absolute Gasteiger partial charge is 0.331 e. The molecule has 3 nitrogen and oxygen atoms in total. The normalized spacial score (nSPS) is 10.2. The molecule has 78 valence electrons. The third-order valence-corrected chi connectivity index (χ3v) is 2.29. The number of aromatic nitrogens is 2. The van der Waals surface area contributed by atoms with E-state index in [-0.39, 0.29) is 0 Å². The molecule has 0 saturated carbocycles. The van der Waals surface area contributed by atoms with Crippen LogP contribution in [0.15, 0.2) is 36.7 Å². The molecule has 0 fully saturated rings. The number of imidazole rings is 1. The summed E-state index contributed by atoms with van der Waals surface area (Å²) in [5.41, 5.74) is 2.46. The lowest BCUT2D eigenvalue weighted by molar-refractivity contribution is 0.923. The van der Waals surface area contributed by atoms with Gasteiger partial charge in [0.15, 0.2) is 0 Å². The number of rotatable bonds is 4. The van der Waals surface area contributed by atoms with E-state index in [1.165, 1.54) is 5.56 Å². The summed E-state index contributed by atoms with van der Waals surface area (Å²) in [4.78, 5) is 7.18. The third kappa shape index (κ3) is 2.37. The Morgan fingerprint density at radius 1 is 1.33 bits per heavy atom. The highest BCUT2D eigenvalue weighted by Gasteiger charge is 2.01. The minimum atomic E-state index is 0.790. The van der Waals surface area contributed by atoms with Crippen molar-refractivity contribution in [1.82, 2.24) is 9.97 Å². The first kappa shape index (κ1) is 9.77. The van der Waals surface area contributed by atoms with Crippen molar-refractivity contribution < 1.29 is 0 Å². The molecule has 1 aromatic heterocycles. The van der Waals surface area contributed by atoms with Crippen LogP contribution in [0.2, 0.25) is 0 Å². The number of hydrogen-bond donors (Lipinski definition) is 2. The topological polar surface area (TPSA) is 40.7 Å². The van der Waals surface area contributed by atoms with Crippen LogP contribution in [-0.4, -0.2) is 9.97 Å². The molecule has 3 heteroatoms. The van der Waals surface area contributed by atoms with Gasteiger partial charge in [-0.05, 0) is 18.1 Å². The number of H-pyrrole nitrogens is 1. The number of benzene rings is 1. The molecule has 0 bridgehead atoms. The standard InChI is InChI=1S/C12H15N3/c1-2-5-10-6-3-4-7-11(10)15-12-13-8-9-14-12/h3-4,6-9H,2,5H2,1H3,(H2,13,14,15). The highest BCUT2D eigenvalue weighted by molar-refractivity contribution is 5.58. The number of para-hydroxylation sites is 1. The summed E-state index contributed by atoms with van der Waals surface area (Å²) in [6.07, 6.45) is 5.79. The molecular formula is C12H15N3. The van der Waals surface area contributed by atoms with Crippen molar-refractivity contribution >= 4 is 11.6 Å². The van der Waals surface area contributed by atoms with Crippen molar-refractivity contribution in [2.24, 2.45) is 0 Å². The summed E-state index contributed by atoms with van der Waals surface area (Å²) in [5.74, 6) is 0.790. The molecule has 0 aliphatic carbocycles. The lowest BCUT2D eigenvalue weighted by Gasteiger charge is -2.08. The van der Waals surface area contributed by atoms with Gasteiger partial charge >= 0.3 is 0 Å². The predicted molar refractivity (Wildman–Crippen MR) is 62.3 cm³/mol. The van der Waals surface area contributed by atoms with E-state index >= 15 is 0 Å². The van der Waals surface area contributed by atoms with Crippen LogP contribution in [-0.2, 0) is 6.42 Å². The average molecular weight is 201 g/mol. The first-order chi connectivity index (χ1) is 7.40. The SMILES string of the molecule is CCCc1ccccc1Nc1ncc[nH]1. The van der Waals surface area contributed by atoms with Gasteiger partial charge in [0.2, 0.25) is 5.95 Å². The van der Waals surface area contributed by atoms with Gasteiger partial charge in [-0.1, -0.05) is 31.5 Å². The van der Waals surface area contributed by atoms with Crippen LogP contribution in [0.3, 0.4) is 0 Å². The van der Waals surface area contributed by atoms with Gasteiger partial charge in [0.25, 0.3) is 0 Å². The van der Waals surface area contributed by atoms with E-state index in [1.54, 1.807) is 6.20 Å². The van der Waals surface area contributed by atoms with Crippen molar-refractivity contribution in [2.75, 3.05) is 5.32 Å². The van der Waals surface area contributed by atoms with Crippen LogP contribution in [0.1, 0.15) is 18.9 Å². The van der Waals surface area contributed by atoms with Gasteiger partial charge in [0.1, 0.15) is 0 Å². The van der Waals surface area contributed by atoms with E-state index in [4.69, 9.17) is 0 Å². The number of nitrogens with one attached hydrogen (secondary N) is 2. The molecule has 0 atom stereocenters. The second kappa shape index (κ2) is 4.64. The molecule has 0 unspecified atom stereocenters. The quantitative estimate of drug-likeness (QED) is 0.798. The van der Waals surface area contributed by atoms with Gasteiger partial charge in [-0.15, -0.1) is 0 Å². The fourth-order valence-electron chi connectivity index (χ4n) is 1.59. The molecule has 0 saturated heterocycles. The maximum absolute atomic E-state index is 4.15. The molecule has 15 heavy (non-hydrogen) atoms. The summed E-state index contributed by atoms with van der Waals surface area (Å²) >= 11 is 0. The van der Waals surface area contributed by atoms with Crippen LogP contribution < -0.4 is 5.32 Å². The Balaban J connectivity index is 2.20. The summed E-state index contributed by atoms with van der Waals surface area (Å²) < 4.78 is 0. The molecule has 0 radical (unpaired) electrons. The Kier molecular flexibility index (Phi) is 3.02. The number of anilines is 2. The molecule has 2 aromatic rings. The van der Waals surface area contributed by atoms with Crippen LogP contribution in [0.5, 0.6) is 0 Å². The molecular weight excluding hydrogens is 186 g/mol. The highest BCUT2D eigenvalue weighted by Crippen LogP contribution is 2.19. The van der Waals surface area contributed by atoms with Crippen LogP contribution in [0.25, 0.3) is 0 Å². The first-order valence-corrected chi connectivity index (χ1v) is 5.24. The Hall–Kier alpha value is -1.77. The highest BCUT2D eigenvalue weighted by atomic mass is 15.1. The molecule has 0 spiro atoms. The monoisotopic (exact) mass is 201 g/mol.